The smallest absolute Gasteiger partial charge is 0.265 e. The zero-order chi connectivity index (χ0) is 13.8. The third kappa shape index (κ3) is 3.35. The molecule has 0 unspecified atom stereocenters. The molecule has 19 heavy (non-hydrogen) atoms. The van der Waals surface area contributed by atoms with Gasteiger partial charge in [-0.2, -0.15) is 0 Å². The predicted molar refractivity (Wildman–Crippen MR) is 74.6 cm³/mol. The average molecular weight is 283 g/mol. The number of halogens is 3. The van der Waals surface area contributed by atoms with Gasteiger partial charge in [0.2, 0.25) is 0 Å². The second-order valence-corrected chi connectivity index (χ2v) is 4.50. The van der Waals surface area contributed by atoms with Crippen molar-refractivity contribution in [2.24, 2.45) is 0 Å². The molecular formula is C14H13ClF2N2. The van der Waals surface area contributed by atoms with Gasteiger partial charge in [0.25, 0.3) is 6.43 Å². The fourth-order valence-electron chi connectivity index (χ4n) is 1.75. The molecule has 0 saturated heterocycles. The fraction of sp³-hybridized carbons (Fsp3) is 0.143. The van der Waals surface area contributed by atoms with E-state index in [0.717, 1.165) is 5.56 Å². The molecule has 0 aliphatic rings. The molecule has 100 valence electrons. The van der Waals surface area contributed by atoms with E-state index in [1.807, 2.05) is 18.2 Å². The standard InChI is InChI=1S/C14H13ClF2N2/c15-12-4-2-1-3-9(12)8-19-13-6-5-10(18)7-11(13)14(16)17/h1-7,14,19H,8,18H2. The molecule has 0 heterocycles. The number of nitrogen functional groups attached to an aromatic ring is 1. The highest BCUT2D eigenvalue weighted by Gasteiger charge is 2.13. The molecule has 0 aliphatic carbocycles. The topological polar surface area (TPSA) is 38.0 Å². The highest BCUT2D eigenvalue weighted by Crippen LogP contribution is 2.29. The summed E-state index contributed by atoms with van der Waals surface area (Å²) in [6, 6.07) is 11.7. The SMILES string of the molecule is Nc1ccc(NCc2ccccc2Cl)c(C(F)F)c1. The van der Waals surface area contributed by atoms with Gasteiger partial charge >= 0.3 is 0 Å². The lowest BCUT2D eigenvalue weighted by atomic mass is 10.1. The van der Waals surface area contributed by atoms with Crippen LogP contribution in [0.3, 0.4) is 0 Å². The first-order valence-corrected chi connectivity index (χ1v) is 6.10. The highest BCUT2D eigenvalue weighted by molar-refractivity contribution is 6.31. The molecule has 0 aliphatic heterocycles. The van der Waals surface area contributed by atoms with Crippen LogP contribution in [0.5, 0.6) is 0 Å². The van der Waals surface area contributed by atoms with E-state index >= 15 is 0 Å². The summed E-state index contributed by atoms with van der Waals surface area (Å²) >= 11 is 6.01. The Balaban J connectivity index is 2.18. The zero-order valence-electron chi connectivity index (χ0n) is 10.0. The van der Waals surface area contributed by atoms with Gasteiger partial charge in [-0.25, -0.2) is 8.78 Å². The summed E-state index contributed by atoms with van der Waals surface area (Å²) in [5.74, 6) is 0. The van der Waals surface area contributed by atoms with Gasteiger partial charge in [-0.3, -0.25) is 0 Å². The van der Waals surface area contributed by atoms with Crippen LogP contribution < -0.4 is 11.1 Å². The molecule has 0 aromatic heterocycles. The van der Waals surface area contributed by atoms with Crippen molar-refractivity contribution in [3.63, 3.8) is 0 Å². The van der Waals surface area contributed by atoms with Crippen molar-refractivity contribution in [1.29, 1.82) is 0 Å². The van der Waals surface area contributed by atoms with Gasteiger partial charge in [0, 0.05) is 28.5 Å². The first-order chi connectivity index (χ1) is 9.08. The van der Waals surface area contributed by atoms with Gasteiger partial charge in [-0.05, 0) is 29.8 Å². The molecule has 0 atom stereocenters. The normalized spacial score (nSPS) is 10.7. The fourth-order valence-corrected chi connectivity index (χ4v) is 1.96. The van der Waals surface area contributed by atoms with Gasteiger partial charge in [0.15, 0.2) is 0 Å². The number of hydrogen-bond acceptors (Lipinski definition) is 2. The van der Waals surface area contributed by atoms with E-state index in [9.17, 15) is 8.78 Å². The zero-order valence-corrected chi connectivity index (χ0v) is 10.8. The van der Waals surface area contributed by atoms with Crippen LogP contribution in [0.2, 0.25) is 5.02 Å². The maximum absolute atomic E-state index is 12.9. The van der Waals surface area contributed by atoms with Crippen LogP contribution in [0.4, 0.5) is 20.2 Å². The minimum absolute atomic E-state index is 0.105. The van der Waals surface area contributed by atoms with E-state index in [0.29, 0.717) is 22.9 Å². The molecule has 0 saturated carbocycles. The van der Waals surface area contributed by atoms with E-state index in [4.69, 9.17) is 17.3 Å². The number of nitrogens with one attached hydrogen (secondary N) is 1. The van der Waals surface area contributed by atoms with Crippen LogP contribution in [-0.4, -0.2) is 0 Å². The maximum Gasteiger partial charge on any atom is 0.265 e. The molecule has 0 fully saturated rings. The first kappa shape index (κ1) is 13.6. The second kappa shape index (κ2) is 5.89. The van der Waals surface area contributed by atoms with Crippen LogP contribution in [0.1, 0.15) is 17.6 Å². The Morgan fingerprint density at radius 1 is 1.16 bits per heavy atom. The minimum atomic E-state index is -2.57. The number of alkyl halides is 2. The Hall–Kier alpha value is -1.81. The van der Waals surface area contributed by atoms with Gasteiger partial charge in [0.1, 0.15) is 0 Å². The molecule has 2 rings (SSSR count). The van der Waals surface area contributed by atoms with E-state index in [1.165, 1.54) is 6.07 Å². The summed E-state index contributed by atoms with van der Waals surface area (Å²) in [7, 11) is 0. The largest absolute Gasteiger partial charge is 0.399 e. The molecule has 2 aromatic carbocycles. The number of hydrogen-bond donors (Lipinski definition) is 2. The summed E-state index contributed by atoms with van der Waals surface area (Å²) in [4.78, 5) is 0. The number of nitrogens with two attached hydrogens (primary N) is 1. The van der Waals surface area contributed by atoms with Gasteiger partial charge in [-0.1, -0.05) is 29.8 Å². The van der Waals surface area contributed by atoms with E-state index in [2.05, 4.69) is 5.32 Å². The monoisotopic (exact) mass is 282 g/mol. The summed E-state index contributed by atoms with van der Waals surface area (Å²) in [5, 5.41) is 3.56. The molecule has 0 radical (unpaired) electrons. The average Bonchev–Trinajstić information content (AvgIpc) is 2.38. The number of benzene rings is 2. The van der Waals surface area contributed by atoms with Crippen LogP contribution >= 0.6 is 11.6 Å². The van der Waals surface area contributed by atoms with Crippen molar-refractivity contribution in [2.45, 2.75) is 13.0 Å². The van der Waals surface area contributed by atoms with E-state index in [-0.39, 0.29) is 5.56 Å². The predicted octanol–water partition coefficient (Wildman–Crippen LogP) is 4.47. The number of rotatable bonds is 4. The molecule has 2 nitrogen and oxygen atoms in total. The molecule has 3 N–H and O–H groups in total. The lowest BCUT2D eigenvalue weighted by Crippen LogP contribution is -2.04. The third-order valence-electron chi connectivity index (χ3n) is 2.74. The Bertz CT molecular complexity index is 573. The molecular weight excluding hydrogens is 270 g/mol. The molecule has 5 heteroatoms. The Morgan fingerprint density at radius 3 is 2.58 bits per heavy atom. The molecule has 0 bridgehead atoms. The van der Waals surface area contributed by atoms with Crippen LogP contribution in [0.15, 0.2) is 42.5 Å². The van der Waals surface area contributed by atoms with E-state index < -0.39 is 6.43 Å². The van der Waals surface area contributed by atoms with Crippen LogP contribution in [0, 0.1) is 0 Å². The lowest BCUT2D eigenvalue weighted by Gasteiger charge is -2.13. The van der Waals surface area contributed by atoms with Crippen molar-refractivity contribution >= 4 is 23.0 Å². The van der Waals surface area contributed by atoms with E-state index in [1.54, 1.807) is 18.2 Å². The Labute approximate surface area is 115 Å². The highest BCUT2D eigenvalue weighted by atomic mass is 35.5. The van der Waals surface area contributed by atoms with Crippen LogP contribution in [-0.2, 0) is 6.54 Å². The molecule has 2 aromatic rings. The summed E-state index contributed by atoms with van der Waals surface area (Å²) in [6.07, 6.45) is -2.57. The number of anilines is 2. The van der Waals surface area contributed by atoms with Gasteiger partial charge < -0.3 is 11.1 Å². The van der Waals surface area contributed by atoms with Crippen LogP contribution in [0.25, 0.3) is 0 Å². The second-order valence-electron chi connectivity index (χ2n) is 4.09. The van der Waals surface area contributed by atoms with Crippen molar-refractivity contribution in [2.75, 3.05) is 11.1 Å². The summed E-state index contributed by atoms with van der Waals surface area (Å²) in [6.45, 7) is 0.378. The van der Waals surface area contributed by atoms with Crippen molar-refractivity contribution < 1.29 is 8.78 Å². The molecule has 0 amide bonds. The third-order valence-corrected chi connectivity index (χ3v) is 3.11. The molecule has 0 spiro atoms. The Kier molecular flexibility index (Phi) is 4.22. The summed E-state index contributed by atoms with van der Waals surface area (Å²) in [5.41, 5.74) is 6.94. The van der Waals surface area contributed by atoms with Crippen molar-refractivity contribution in [1.82, 2.24) is 0 Å². The summed E-state index contributed by atoms with van der Waals surface area (Å²) < 4.78 is 25.8. The maximum atomic E-state index is 12.9. The Morgan fingerprint density at radius 2 is 1.89 bits per heavy atom. The van der Waals surface area contributed by atoms with Gasteiger partial charge in [0.05, 0.1) is 0 Å². The van der Waals surface area contributed by atoms with Crippen molar-refractivity contribution in [3.05, 3.63) is 58.6 Å². The minimum Gasteiger partial charge on any atom is -0.399 e. The van der Waals surface area contributed by atoms with Gasteiger partial charge in [-0.15, -0.1) is 0 Å². The van der Waals surface area contributed by atoms with Crippen molar-refractivity contribution in [3.8, 4) is 0 Å². The lowest BCUT2D eigenvalue weighted by molar-refractivity contribution is 0.152. The first-order valence-electron chi connectivity index (χ1n) is 5.73. The quantitative estimate of drug-likeness (QED) is 0.812.